The van der Waals surface area contributed by atoms with Crippen LogP contribution in [0.3, 0.4) is 0 Å². The van der Waals surface area contributed by atoms with E-state index in [-0.39, 0.29) is 25.0 Å². The number of hydrogen-bond acceptors (Lipinski definition) is 6. The van der Waals surface area contributed by atoms with Crippen molar-refractivity contribution in [2.24, 2.45) is 17.8 Å². The summed E-state index contributed by atoms with van der Waals surface area (Å²) in [5, 5.41) is 29.4. The summed E-state index contributed by atoms with van der Waals surface area (Å²) in [5.74, 6) is 1.25. The lowest BCUT2D eigenvalue weighted by molar-refractivity contribution is -0.137. The van der Waals surface area contributed by atoms with E-state index in [2.05, 4.69) is 0 Å². The lowest BCUT2D eigenvalue weighted by Gasteiger charge is -2.19. The summed E-state index contributed by atoms with van der Waals surface area (Å²) in [5.41, 5.74) is 0. The van der Waals surface area contributed by atoms with Crippen molar-refractivity contribution >= 4 is 5.97 Å². The monoisotopic (exact) mass is 420 g/mol. The number of aliphatic carboxylic acids is 1. The molecule has 1 aromatic carbocycles. The van der Waals surface area contributed by atoms with Gasteiger partial charge >= 0.3 is 5.97 Å². The number of carbonyl (C=O) groups is 1. The van der Waals surface area contributed by atoms with Crippen molar-refractivity contribution in [3.63, 3.8) is 0 Å². The molecule has 2 aliphatic carbocycles. The van der Waals surface area contributed by atoms with Crippen molar-refractivity contribution in [3.8, 4) is 11.5 Å². The van der Waals surface area contributed by atoms with E-state index in [0.717, 1.165) is 19.3 Å². The van der Waals surface area contributed by atoms with Crippen LogP contribution < -0.4 is 9.47 Å². The van der Waals surface area contributed by atoms with E-state index in [1.807, 2.05) is 18.2 Å². The van der Waals surface area contributed by atoms with E-state index in [4.69, 9.17) is 19.3 Å². The number of aliphatic hydroxyl groups excluding tert-OH is 2. The van der Waals surface area contributed by atoms with Gasteiger partial charge < -0.3 is 29.5 Å². The highest BCUT2D eigenvalue weighted by Crippen LogP contribution is 2.49. The molecule has 1 aromatic rings. The molecule has 0 amide bonds. The topological polar surface area (TPSA) is 105 Å². The summed E-state index contributed by atoms with van der Waals surface area (Å²) >= 11 is 0. The molecule has 2 unspecified atom stereocenters. The Morgan fingerprint density at radius 3 is 2.83 bits per heavy atom. The highest BCUT2D eigenvalue weighted by molar-refractivity contribution is 5.66. The molecule has 3 rings (SSSR count). The first kappa shape index (κ1) is 22.6. The molecule has 0 aromatic heterocycles. The van der Waals surface area contributed by atoms with Crippen molar-refractivity contribution < 1.29 is 34.3 Å². The van der Waals surface area contributed by atoms with Gasteiger partial charge in [0, 0.05) is 25.0 Å². The first-order valence-electron chi connectivity index (χ1n) is 10.6. The molecule has 166 valence electrons. The Hall–Kier alpha value is -2.09. The number of carboxylic acids is 1. The van der Waals surface area contributed by atoms with Gasteiger partial charge in [-0.2, -0.15) is 0 Å². The molecule has 2 aliphatic rings. The maximum atomic E-state index is 10.6. The van der Waals surface area contributed by atoms with Crippen LogP contribution in [-0.2, 0) is 9.53 Å². The van der Waals surface area contributed by atoms with Crippen LogP contribution in [0.25, 0.3) is 0 Å². The first-order chi connectivity index (χ1) is 14.5. The zero-order chi connectivity index (χ0) is 21.5. The minimum atomic E-state index is -0.802. The molecule has 0 radical (unpaired) electrons. The van der Waals surface area contributed by atoms with E-state index in [0.29, 0.717) is 36.4 Å². The molecule has 2 fully saturated rings. The maximum Gasteiger partial charge on any atom is 0.303 e. The second kappa shape index (κ2) is 10.8. The van der Waals surface area contributed by atoms with Crippen LogP contribution in [-0.4, -0.2) is 59.9 Å². The summed E-state index contributed by atoms with van der Waals surface area (Å²) < 4.78 is 16.6. The van der Waals surface area contributed by atoms with E-state index in [1.54, 1.807) is 25.3 Å². The zero-order valence-corrected chi connectivity index (χ0v) is 17.4. The summed E-state index contributed by atoms with van der Waals surface area (Å²) in [6.07, 6.45) is 5.72. The van der Waals surface area contributed by atoms with E-state index in [9.17, 15) is 15.0 Å². The molecule has 0 aliphatic heterocycles. The molecule has 30 heavy (non-hydrogen) atoms. The molecule has 7 heteroatoms. The van der Waals surface area contributed by atoms with Gasteiger partial charge in [0.15, 0.2) is 0 Å². The van der Waals surface area contributed by atoms with Crippen molar-refractivity contribution in [1.29, 1.82) is 0 Å². The quantitative estimate of drug-likeness (QED) is 0.373. The molecule has 6 atom stereocenters. The highest BCUT2D eigenvalue weighted by atomic mass is 16.5. The predicted octanol–water partition coefficient (Wildman–Crippen LogP) is 2.65. The van der Waals surface area contributed by atoms with Gasteiger partial charge in [0.2, 0.25) is 0 Å². The number of carboxylic acid groups (broad SMARTS) is 1. The van der Waals surface area contributed by atoms with Crippen molar-refractivity contribution in [3.05, 3.63) is 36.4 Å². The van der Waals surface area contributed by atoms with Gasteiger partial charge in [0.1, 0.15) is 24.2 Å². The van der Waals surface area contributed by atoms with Crippen LogP contribution in [0.15, 0.2) is 36.4 Å². The zero-order valence-electron chi connectivity index (χ0n) is 17.4. The largest absolute Gasteiger partial charge is 0.497 e. The van der Waals surface area contributed by atoms with Crippen LogP contribution in [0, 0.1) is 17.8 Å². The van der Waals surface area contributed by atoms with Crippen LogP contribution in [0.4, 0.5) is 0 Å². The molecular formula is C23H32O7. The molecule has 0 bridgehead atoms. The molecule has 0 saturated heterocycles. The lowest BCUT2D eigenvalue weighted by Crippen LogP contribution is -2.21. The Morgan fingerprint density at radius 2 is 2.07 bits per heavy atom. The van der Waals surface area contributed by atoms with Crippen molar-refractivity contribution in [1.82, 2.24) is 0 Å². The number of aliphatic hydroxyl groups is 2. The lowest BCUT2D eigenvalue weighted by atomic mass is 9.90. The number of benzene rings is 1. The van der Waals surface area contributed by atoms with E-state index < -0.39 is 18.2 Å². The fourth-order valence-electron chi connectivity index (χ4n) is 4.66. The molecule has 0 spiro atoms. The smallest absolute Gasteiger partial charge is 0.303 e. The number of hydrogen-bond donors (Lipinski definition) is 3. The summed E-state index contributed by atoms with van der Waals surface area (Å²) in [7, 11) is 1.59. The van der Waals surface area contributed by atoms with Crippen molar-refractivity contribution in [2.75, 3.05) is 20.3 Å². The fraction of sp³-hybridized carbons (Fsp3) is 0.609. The van der Waals surface area contributed by atoms with Gasteiger partial charge in [-0.3, -0.25) is 4.79 Å². The highest BCUT2D eigenvalue weighted by Gasteiger charge is 2.47. The standard InChI is InChI=1S/C23H32O7/c1-28-17-4-2-5-18(12-17)30-14-16(24)7-8-20-21-13-19(10-15(21)11-22(20)25)29-9-3-6-23(26)27/h2,4-5,7-8,12,15-16,19-22,24-25H,3,6,9-11,13-14H2,1H3,(H,26,27)/t15-,16?,19?,20+,21+,22+/m0/s1. The van der Waals surface area contributed by atoms with E-state index >= 15 is 0 Å². The van der Waals surface area contributed by atoms with Crippen LogP contribution in [0.1, 0.15) is 32.1 Å². The molecule has 2 saturated carbocycles. The Bertz CT molecular complexity index is 719. The van der Waals surface area contributed by atoms with Crippen LogP contribution >= 0.6 is 0 Å². The SMILES string of the molecule is COc1cccc(OCC(O)C=C[C@@H]2[C@@H]3CC(OCCCC(=O)O)C[C@H]3C[C@H]2O)c1. The molecule has 0 heterocycles. The second-order valence-electron chi connectivity index (χ2n) is 8.21. The molecule has 7 nitrogen and oxygen atoms in total. The average molecular weight is 421 g/mol. The number of methoxy groups -OCH3 is 1. The van der Waals surface area contributed by atoms with Gasteiger partial charge in [0.05, 0.1) is 19.3 Å². The number of fused-ring (bicyclic) bond motifs is 1. The second-order valence-corrected chi connectivity index (χ2v) is 8.21. The first-order valence-corrected chi connectivity index (χ1v) is 10.6. The third kappa shape index (κ3) is 6.20. The third-order valence-corrected chi connectivity index (χ3v) is 6.10. The maximum absolute atomic E-state index is 10.6. The summed E-state index contributed by atoms with van der Waals surface area (Å²) in [6.45, 7) is 0.579. The average Bonchev–Trinajstić information content (AvgIpc) is 3.24. The summed E-state index contributed by atoms with van der Waals surface area (Å²) in [4.78, 5) is 10.6. The normalized spacial score (nSPS) is 29.1. The Kier molecular flexibility index (Phi) is 8.13. The molecular weight excluding hydrogens is 388 g/mol. The fourth-order valence-corrected chi connectivity index (χ4v) is 4.66. The van der Waals surface area contributed by atoms with Crippen LogP contribution in [0.2, 0.25) is 0 Å². The van der Waals surface area contributed by atoms with Crippen molar-refractivity contribution in [2.45, 2.75) is 50.4 Å². The minimum Gasteiger partial charge on any atom is -0.497 e. The minimum absolute atomic E-state index is 0.00547. The third-order valence-electron chi connectivity index (χ3n) is 6.10. The number of ether oxygens (including phenoxy) is 3. The van der Waals surface area contributed by atoms with Gasteiger partial charge in [-0.15, -0.1) is 0 Å². The molecule has 3 N–H and O–H groups in total. The van der Waals surface area contributed by atoms with Gasteiger partial charge in [0.25, 0.3) is 0 Å². The van der Waals surface area contributed by atoms with Gasteiger partial charge in [-0.05, 0) is 49.7 Å². The van der Waals surface area contributed by atoms with Crippen LogP contribution in [0.5, 0.6) is 11.5 Å². The Morgan fingerprint density at radius 1 is 1.27 bits per heavy atom. The number of rotatable bonds is 11. The van der Waals surface area contributed by atoms with Gasteiger partial charge in [-0.25, -0.2) is 0 Å². The summed E-state index contributed by atoms with van der Waals surface area (Å²) in [6, 6.07) is 7.22. The Labute approximate surface area is 177 Å². The van der Waals surface area contributed by atoms with Gasteiger partial charge in [-0.1, -0.05) is 18.2 Å². The Balaban J connectivity index is 1.45. The van der Waals surface area contributed by atoms with E-state index in [1.165, 1.54) is 0 Å². The predicted molar refractivity (Wildman–Crippen MR) is 111 cm³/mol.